The molecule has 5 heteroatoms. The quantitative estimate of drug-likeness (QED) is 0.908. The maximum atomic E-state index is 12.4. The maximum Gasteiger partial charge on any atom is 0.239 e. The van der Waals surface area contributed by atoms with Crippen LogP contribution < -0.4 is 10.2 Å². The molecule has 2 aliphatic heterocycles. The molecule has 0 spiro atoms. The van der Waals surface area contributed by atoms with Crippen LogP contribution >= 0.6 is 11.6 Å². The molecular weight excluding hydrogens is 286 g/mol. The molecule has 114 valence electrons. The SMILES string of the molecule is Cc1ccc(Cl)cc1N1CCN(C(=O)C2CCCN2)CC1. The van der Waals surface area contributed by atoms with Gasteiger partial charge in [-0.15, -0.1) is 0 Å². The summed E-state index contributed by atoms with van der Waals surface area (Å²) in [5.74, 6) is 0.273. The lowest BCUT2D eigenvalue weighted by Crippen LogP contribution is -2.53. The van der Waals surface area contributed by atoms with E-state index < -0.39 is 0 Å². The first-order chi connectivity index (χ1) is 10.1. The average Bonchev–Trinajstić information content (AvgIpc) is 3.03. The van der Waals surface area contributed by atoms with Crippen molar-refractivity contribution in [1.29, 1.82) is 0 Å². The minimum atomic E-state index is 0.0458. The van der Waals surface area contributed by atoms with Crippen molar-refractivity contribution >= 4 is 23.2 Å². The molecule has 1 atom stereocenters. The van der Waals surface area contributed by atoms with E-state index >= 15 is 0 Å². The number of nitrogens with one attached hydrogen (secondary N) is 1. The van der Waals surface area contributed by atoms with Gasteiger partial charge in [0.1, 0.15) is 0 Å². The fraction of sp³-hybridized carbons (Fsp3) is 0.562. The molecule has 2 aliphatic rings. The van der Waals surface area contributed by atoms with Gasteiger partial charge in [-0.3, -0.25) is 4.79 Å². The number of hydrogen-bond acceptors (Lipinski definition) is 3. The first-order valence-corrected chi connectivity index (χ1v) is 8.06. The first-order valence-electron chi connectivity index (χ1n) is 7.68. The molecule has 1 unspecified atom stereocenters. The Labute approximate surface area is 131 Å². The van der Waals surface area contributed by atoms with Crippen molar-refractivity contribution in [2.45, 2.75) is 25.8 Å². The largest absolute Gasteiger partial charge is 0.368 e. The number of rotatable bonds is 2. The predicted molar refractivity (Wildman–Crippen MR) is 86.0 cm³/mol. The number of halogens is 1. The second kappa shape index (κ2) is 6.24. The van der Waals surface area contributed by atoms with E-state index in [0.717, 1.165) is 50.6 Å². The molecule has 2 fully saturated rings. The molecule has 4 nitrogen and oxygen atoms in total. The number of nitrogens with zero attached hydrogens (tertiary/aromatic N) is 2. The minimum Gasteiger partial charge on any atom is -0.368 e. The third-order valence-corrected chi connectivity index (χ3v) is 4.70. The van der Waals surface area contributed by atoms with Crippen LogP contribution in [-0.2, 0) is 4.79 Å². The number of benzene rings is 1. The summed E-state index contributed by atoms with van der Waals surface area (Å²) in [6, 6.07) is 6.04. The molecule has 3 rings (SSSR count). The first kappa shape index (κ1) is 14.7. The van der Waals surface area contributed by atoms with Crippen LogP contribution in [0.25, 0.3) is 0 Å². The Kier molecular flexibility index (Phi) is 4.36. The molecular formula is C16H22ClN3O. The topological polar surface area (TPSA) is 35.6 Å². The zero-order valence-corrected chi connectivity index (χ0v) is 13.2. The second-order valence-electron chi connectivity index (χ2n) is 5.89. The molecule has 0 saturated carbocycles. The molecule has 1 aromatic rings. The van der Waals surface area contributed by atoms with Gasteiger partial charge in [-0.25, -0.2) is 0 Å². The van der Waals surface area contributed by atoms with E-state index in [-0.39, 0.29) is 11.9 Å². The van der Waals surface area contributed by atoms with E-state index in [1.54, 1.807) is 0 Å². The normalized spacial score (nSPS) is 22.7. The third kappa shape index (κ3) is 3.16. The minimum absolute atomic E-state index is 0.0458. The van der Waals surface area contributed by atoms with Crippen LogP contribution in [0.15, 0.2) is 18.2 Å². The Hall–Kier alpha value is -1.26. The van der Waals surface area contributed by atoms with Crippen molar-refractivity contribution in [3.63, 3.8) is 0 Å². The lowest BCUT2D eigenvalue weighted by atomic mass is 10.1. The Morgan fingerprint density at radius 1 is 1.29 bits per heavy atom. The molecule has 1 amide bonds. The van der Waals surface area contributed by atoms with E-state index in [2.05, 4.69) is 23.2 Å². The molecule has 1 aromatic carbocycles. The van der Waals surface area contributed by atoms with E-state index in [1.165, 1.54) is 11.3 Å². The number of aryl methyl sites for hydroxylation is 1. The van der Waals surface area contributed by atoms with E-state index in [1.807, 2.05) is 17.0 Å². The van der Waals surface area contributed by atoms with E-state index in [4.69, 9.17) is 11.6 Å². The maximum absolute atomic E-state index is 12.4. The number of carbonyl (C=O) groups is 1. The van der Waals surface area contributed by atoms with Gasteiger partial charge in [0, 0.05) is 36.9 Å². The van der Waals surface area contributed by atoms with Crippen LogP contribution in [0.2, 0.25) is 5.02 Å². The van der Waals surface area contributed by atoms with Gasteiger partial charge in [-0.1, -0.05) is 17.7 Å². The monoisotopic (exact) mass is 307 g/mol. The van der Waals surface area contributed by atoms with Gasteiger partial charge in [0.05, 0.1) is 6.04 Å². The molecule has 0 bridgehead atoms. The van der Waals surface area contributed by atoms with Crippen LogP contribution in [0, 0.1) is 6.92 Å². The molecule has 2 saturated heterocycles. The van der Waals surface area contributed by atoms with Crippen molar-refractivity contribution in [3.8, 4) is 0 Å². The highest BCUT2D eigenvalue weighted by molar-refractivity contribution is 6.30. The number of piperazine rings is 1. The molecule has 21 heavy (non-hydrogen) atoms. The fourth-order valence-corrected chi connectivity index (χ4v) is 3.37. The van der Waals surface area contributed by atoms with E-state index in [9.17, 15) is 4.79 Å². The smallest absolute Gasteiger partial charge is 0.239 e. The number of carbonyl (C=O) groups excluding carboxylic acids is 1. The summed E-state index contributed by atoms with van der Waals surface area (Å²) in [5.41, 5.74) is 2.42. The molecule has 0 aliphatic carbocycles. The van der Waals surface area contributed by atoms with Crippen LogP contribution in [-0.4, -0.2) is 49.6 Å². The van der Waals surface area contributed by atoms with E-state index in [0.29, 0.717) is 0 Å². The Bertz CT molecular complexity index is 520. The summed E-state index contributed by atoms with van der Waals surface area (Å²) in [4.78, 5) is 16.7. The summed E-state index contributed by atoms with van der Waals surface area (Å²) < 4.78 is 0. The lowest BCUT2D eigenvalue weighted by molar-refractivity contribution is -0.133. The summed E-state index contributed by atoms with van der Waals surface area (Å²) in [7, 11) is 0. The van der Waals surface area contributed by atoms with Gasteiger partial charge in [-0.05, 0) is 44.0 Å². The molecule has 1 N–H and O–H groups in total. The van der Waals surface area contributed by atoms with Crippen molar-refractivity contribution < 1.29 is 4.79 Å². The summed E-state index contributed by atoms with van der Waals surface area (Å²) in [6.45, 7) is 6.41. The van der Waals surface area contributed by atoms with Gasteiger partial charge < -0.3 is 15.1 Å². The third-order valence-electron chi connectivity index (χ3n) is 4.46. The van der Waals surface area contributed by atoms with Crippen molar-refractivity contribution in [2.24, 2.45) is 0 Å². The number of hydrogen-bond donors (Lipinski definition) is 1. The Morgan fingerprint density at radius 2 is 2.05 bits per heavy atom. The van der Waals surface area contributed by atoms with Crippen molar-refractivity contribution in [3.05, 3.63) is 28.8 Å². The number of anilines is 1. The molecule has 2 heterocycles. The average molecular weight is 308 g/mol. The summed E-state index contributed by atoms with van der Waals surface area (Å²) >= 11 is 6.10. The second-order valence-corrected chi connectivity index (χ2v) is 6.33. The highest BCUT2D eigenvalue weighted by atomic mass is 35.5. The van der Waals surface area contributed by atoms with Crippen LogP contribution in [0.1, 0.15) is 18.4 Å². The predicted octanol–water partition coefficient (Wildman–Crippen LogP) is 2.05. The highest BCUT2D eigenvalue weighted by Gasteiger charge is 2.29. The summed E-state index contributed by atoms with van der Waals surface area (Å²) in [5, 5.41) is 4.06. The van der Waals surface area contributed by atoms with Crippen LogP contribution in [0.5, 0.6) is 0 Å². The fourth-order valence-electron chi connectivity index (χ4n) is 3.21. The van der Waals surface area contributed by atoms with Gasteiger partial charge in [0.25, 0.3) is 0 Å². The Morgan fingerprint density at radius 3 is 2.71 bits per heavy atom. The van der Waals surface area contributed by atoms with Crippen LogP contribution in [0.3, 0.4) is 0 Å². The van der Waals surface area contributed by atoms with Crippen LogP contribution in [0.4, 0.5) is 5.69 Å². The van der Waals surface area contributed by atoms with Gasteiger partial charge in [0.15, 0.2) is 0 Å². The molecule has 0 aromatic heterocycles. The Balaban J connectivity index is 1.62. The lowest BCUT2D eigenvalue weighted by Gasteiger charge is -2.37. The highest BCUT2D eigenvalue weighted by Crippen LogP contribution is 2.25. The van der Waals surface area contributed by atoms with Gasteiger partial charge in [0.2, 0.25) is 5.91 Å². The van der Waals surface area contributed by atoms with Gasteiger partial charge in [-0.2, -0.15) is 0 Å². The zero-order chi connectivity index (χ0) is 14.8. The number of amides is 1. The van der Waals surface area contributed by atoms with Crippen molar-refractivity contribution in [2.75, 3.05) is 37.6 Å². The standard InChI is InChI=1S/C16H22ClN3O/c1-12-4-5-13(17)11-15(12)19-7-9-20(10-8-19)16(21)14-3-2-6-18-14/h4-5,11,14,18H,2-3,6-10H2,1H3. The van der Waals surface area contributed by atoms with Crippen molar-refractivity contribution in [1.82, 2.24) is 10.2 Å². The molecule has 0 radical (unpaired) electrons. The zero-order valence-electron chi connectivity index (χ0n) is 12.4. The summed E-state index contributed by atoms with van der Waals surface area (Å²) in [6.07, 6.45) is 2.09. The van der Waals surface area contributed by atoms with Gasteiger partial charge >= 0.3 is 0 Å².